The SMILES string of the molecule is O=C(NCc1ccc(F)cc1)N1CCN(CCn2ccnc2)CC1. The first-order chi connectivity index (χ1) is 11.7. The average Bonchev–Trinajstić information content (AvgIpc) is 3.13. The lowest BCUT2D eigenvalue weighted by molar-refractivity contribution is 0.136. The number of hydrogen-bond donors (Lipinski definition) is 1. The molecule has 1 aliphatic rings. The van der Waals surface area contributed by atoms with Gasteiger partial charge >= 0.3 is 6.03 Å². The van der Waals surface area contributed by atoms with Crippen molar-refractivity contribution in [2.45, 2.75) is 13.1 Å². The molecule has 6 nitrogen and oxygen atoms in total. The molecule has 0 bridgehead atoms. The molecule has 0 aliphatic carbocycles. The van der Waals surface area contributed by atoms with Crippen molar-refractivity contribution >= 4 is 6.03 Å². The van der Waals surface area contributed by atoms with Crippen LogP contribution in [0, 0.1) is 5.82 Å². The zero-order chi connectivity index (χ0) is 16.8. The van der Waals surface area contributed by atoms with E-state index in [0.29, 0.717) is 6.54 Å². The average molecular weight is 331 g/mol. The molecule has 0 radical (unpaired) electrons. The summed E-state index contributed by atoms with van der Waals surface area (Å²) in [5, 5.41) is 2.89. The second-order valence-corrected chi connectivity index (χ2v) is 5.91. The quantitative estimate of drug-likeness (QED) is 0.904. The van der Waals surface area contributed by atoms with Crippen LogP contribution in [0.25, 0.3) is 0 Å². The fourth-order valence-electron chi connectivity index (χ4n) is 2.74. The van der Waals surface area contributed by atoms with E-state index >= 15 is 0 Å². The topological polar surface area (TPSA) is 53.4 Å². The zero-order valence-corrected chi connectivity index (χ0v) is 13.6. The molecule has 2 aromatic rings. The van der Waals surface area contributed by atoms with Crippen molar-refractivity contribution in [1.82, 2.24) is 24.7 Å². The smallest absolute Gasteiger partial charge is 0.317 e. The molecule has 0 atom stereocenters. The fourth-order valence-corrected chi connectivity index (χ4v) is 2.74. The first-order valence-electron chi connectivity index (χ1n) is 8.16. The van der Waals surface area contributed by atoms with Crippen molar-refractivity contribution in [3.05, 3.63) is 54.4 Å². The molecular formula is C17H22FN5O. The zero-order valence-electron chi connectivity index (χ0n) is 13.6. The third-order valence-electron chi connectivity index (χ3n) is 4.25. The summed E-state index contributed by atoms with van der Waals surface area (Å²) >= 11 is 0. The van der Waals surface area contributed by atoms with Crippen molar-refractivity contribution in [3.63, 3.8) is 0 Å². The second-order valence-electron chi connectivity index (χ2n) is 5.91. The van der Waals surface area contributed by atoms with Crippen molar-refractivity contribution in [1.29, 1.82) is 0 Å². The van der Waals surface area contributed by atoms with E-state index in [-0.39, 0.29) is 11.8 Å². The number of rotatable bonds is 5. The number of nitrogens with one attached hydrogen (secondary N) is 1. The van der Waals surface area contributed by atoms with Crippen LogP contribution in [0.15, 0.2) is 43.0 Å². The van der Waals surface area contributed by atoms with Gasteiger partial charge in [-0.05, 0) is 17.7 Å². The van der Waals surface area contributed by atoms with Gasteiger partial charge < -0.3 is 14.8 Å². The van der Waals surface area contributed by atoms with Gasteiger partial charge in [-0.2, -0.15) is 0 Å². The Labute approximate surface area is 140 Å². The largest absolute Gasteiger partial charge is 0.336 e. The fraction of sp³-hybridized carbons (Fsp3) is 0.412. The molecule has 1 fully saturated rings. The van der Waals surface area contributed by atoms with Gasteiger partial charge in [0.2, 0.25) is 0 Å². The molecule has 24 heavy (non-hydrogen) atoms. The minimum absolute atomic E-state index is 0.0615. The number of benzene rings is 1. The van der Waals surface area contributed by atoms with E-state index in [4.69, 9.17) is 0 Å². The molecule has 0 unspecified atom stereocenters. The number of nitrogens with zero attached hydrogens (tertiary/aromatic N) is 4. The van der Waals surface area contributed by atoms with E-state index in [1.165, 1.54) is 12.1 Å². The molecule has 128 valence electrons. The Hall–Kier alpha value is -2.41. The number of carbonyl (C=O) groups is 1. The molecule has 1 aliphatic heterocycles. The molecule has 0 saturated carbocycles. The third-order valence-corrected chi connectivity index (χ3v) is 4.25. The van der Waals surface area contributed by atoms with Gasteiger partial charge in [0.05, 0.1) is 6.33 Å². The Morgan fingerprint density at radius 2 is 1.88 bits per heavy atom. The van der Waals surface area contributed by atoms with Crippen LogP contribution in [-0.2, 0) is 13.1 Å². The van der Waals surface area contributed by atoms with Gasteiger partial charge in [0.1, 0.15) is 5.82 Å². The lowest BCUT2D eigenvalue weighted by Gasteiger charge is -2.34. The minimum atomic E-state index is -0.267. The Morgan fingerprint density at radius 1 is 1.12 bits per heavy atom. The van der Waals surface area contributed by atoms with Gasteiger partial charge in [-0.25, -0.2) is 14.2 Å². The van der Waals surface area contributed by atoms with Crippen LogP contribution in [0.2, 0.25) is 0 Å². The highest BCUT2D eigenvalue weighted by atomic mass is 19.1. The van der Waals surface area contributed by atoms with E-state index in [2.05, 4.69) is 19.8 Å². The maximum atomic E-state index is 12.9. The molecule has 1 aromatic carbocycles. The van der Waals surface area contributed by atoms with Crippen molar-refractivity contribution < 1.29 is 9.18 Å². The number of imidazole rings is 1. The van der Waals surface area contributed by atoms with Gasteiger partial charge in [-0.15, -0.1) is 0 Å². The van der Waals surface area contributed by atoms with Gasteiger partial charge in [0.25, 0.3) is 0 Å². The maximum Gasteiger partial charge on any atom is 0.317 e. The normalized spacial score (nSPS) is 15.5. The summed E-state index contributed by atoms with van der Waals surface area (Å²) in [5.41, 5.74) is 0.892. The first-order valence-corrected chi connectivity index (χ1v) is 8.16. The number of aromatic nitrogens is 2. The van der Waals surface area contributed by atoms with Crippen LogP contribution in [0.4, 0.5) is 9.18 Å². The number of halogens is 1. The maximum absolute atomic E-state index is 12.9. The van der Waals surface area contributed by atoms with Crippen LogP contribution < -0.4 is 5.32 Å². The highest BCUT2D eigenvalue weighted by Crippen LogP contribution is 2.05. The molecule has 3 rings (SSSR count). The van der Waals surface area contributed by atoms with Crippen molar-refractivity contribution in [3.8, 4) is 0 Å². The number of carbonyl (C=O) groups excluding carboxylic acids is 1. The Balaban J connectivity index is 1.37. The molecule has 1 aromatic heterocycles. The van der Waals surface area contributed by atoms with E-state index in [0.717, 1.165) is 44.8 Å². The second kappa shape index (κ2) is 7.92. The van der Waals surface area contributed by atoms with Crippen LogP contribution in [0.3, 0.4) is 0 Å². The summed E-state index contributed by atoms with van der Waals surface area (Å²) in [7, 11) is 0. The predicted molar refractivity (Wildman–Crippen MR) is 88.9 cm³/mol. The van der Waals surface area contributed by atoms with Crippen LogP contribution >= 0.6 is 0 Å². The number of urea groups is 1. The number of hydrogen-bond acceptors (Lipinski definition) is 3. The Bertz CT molecular complexity index is 636. The van der Waals surface area contributed by atoms with E-state index < -0.39 is 0 Å². The van der Waals surface area contributed by atoms with Crippen molar-refractivity contribution in [2.24, 2.45) is 0 Å². The number of piperazine rings is 1. The Kier molecular flexibility index (Phi) is 5.43. The van der Waals surface area contributed by atoms with E-state index in [1.807, 2.05) is 17.4 Å². The van der Waals surface area contributed by atoms with Gasteiger partial charge in [0, 0.05) is 58.2 Å². The summed E-state index contributed by atoms with van der Waals surface area (Å²) in [6, 6.07) is 6.11. The van der Waals surface area contributed by atoms with Gasteiger partial charge in [-0.1, -0.05) is 12.1 Å². The molecule has 1 N–H and O–H groups in total. The van der Waals surface area contributed by atoms with E-state index in [1.54, 1.807) is 18.3 Å². The summed E-state index contributed by atoms with van der Waals surface area (Å²) in [5.74, 6) is -0.267. The summed E-state index contributed by atoms with van der Waals surface area (Å²) in [4.78, 5) is 20.4. The Morgan fingerprint density at radius 3 is 2.54 bits per heavy atom. The van der Waals surface area contributed by atoms with Crippen LogP contribution in [0.1, 0.15) is 5.56 Å². The molecule has 2 amide bonds. The molecule has 1 saturated heterocycles. The van der Waals surface area contributed by atoms with Crippen molar-refractivity contribution in [2.75, 3.05) is 32.7 Å². The molecule has 0 spiro atoms. The molecular weight excluding hydrogens is 309 g/mol. The monoisotopic (exact) mass is 331 g/mol. The summed E-state index contributed by atoms with van der Waals surface area (Å²) in [6.07, 6.45) is 5.56. The van der Waals surface area contributed by atoms with Crippen LogP contribution in [-0.4, -0.2) is 58.1 Å². The first kappa shape index (κ1) is 16.4. The highest BCUT2D eigenvalue weighted by Gasteiger charge is 2.20. The van der Waals surface area contributed by atoms with Gasteiger partial charge in [-0.3, -0.25) is 4.90 Å². The minimum Gasteiger partial charge on any atom is -0.336 e. The van der Waals surface area contributed by atoms with Crippen LogP contribution in [0.5, 0.6) is 0 Å². The number of amides is 2. The third kappa shape index (κ3) is 4.55. The highest BCUT2D eigenvalue weighted by molar-refractivity contribution is 5.74. The lowest BCUT2D eigenvalue weighted by atomic mass is 10.2. The van der Waals surface area contributed by atoms with E-state index in [9.17, 15) is 9.18 Å². The summed E-state index contributed by atoms with van der Waals surface area (Å²) in [6.45, 7) is 5.48. The predicted octanol–water partition coefficient (Wildman–Crippen LogP) is 1.55. The molecule has 7 heteroatoms. The molecule has 2 heterocycles. The lowest BCUT2D eigenvalue weighted by Crippen LogP contribution is -2.52. The summed E-state index contributed by atoms with van der Waals surface area (Å²) < 4.78 is 14.9. The van der Waals surface area contributed by atoms with Gasteiger partial charge in [0.15, 0.2) is 0 Å². The standard InChI is InChI=1S/C17H22FN5O/c18-16-3-1-15(2-4-16)13-20-17(24)23-11-9-21(10-12-23)7-8-22-6-5-19-14-22/h1-6,14H,7-13H2,(H,20,24).